The third-order valence-corrected chi connectivity index (χ3v) is 7.31. The molecule has 0 amide bonds. The van der Waals surface area contributed by atoms with Gasteiger partial charge < -0.3 is 9.88 Å². The molecule has 3 aromatic rings. The number of H-pyrrole nitrogens is 1. The highest BCUT2D eigenvalue weighted by Gasteiger charge is 2.29. The van der Waals surface area contributed by atoms with Crippen LogP contribution in [0.2, 0.25) is 0 Å². The predicted octanol–water partition coefficient (Wildman–Crippen LogP) is 3.41. The van der Waals surface area contributed by atoms with E-state index in [9.17, 15) is 9.59 Å². The lowest BCUT2D eigenvalue weighted by Gasteiger charge is -2.32. The molecule has 0 aliphatic heterocycles. The number of hydrogen-bond donors (Lipinski definition) is 2. The highest BCUT2D eigenvalue weighted by atomic mass is 16.5. The highest BCUT2D eigenvalue weighted by Crippen LogP contribution is 2.35. The molecule has 2 aliphatic carbocycles. The number of hydrogen-bond acceptors (Lipinski definition) is 8. The molecule has 5 rings (SSSR count). The summed E-state index contributed by atoms with van der Waals surface area (Å²) in [5, 5.41) is 7.28. The number of carbonyl (C=O) groups is 1. The van der Waals surface area contributed by atoms with Crippen molar-refractivity contribution in [2.45, 2.75) is 71.4 Å². The highest BCUT2D eigenvalue weighted by molar-refractivity contribution is 5.96. The zero-order valence-electron chi connectivity index (χ0n) is 19.5. The summed E-state index contributed by atoms with van der Waals surface area (Å²) in [6.45, 7) is 4.31. The minimum atomic E-state index is -0.687. The van der Waals surface area contributed by atoms with Gasteiger partial charge in [0.25, 0.3) is 0 Å². The standard InChI is InChI=1S/C24H29N7O3/c1-4-15-8-10-16(11-9-15)12-31-18-19(25-13(2)17-6-5-7-17)26-21(22-29-24(33)34-30-22)27-20(18)28-23(31)14(3)32/h1,13,15-17H,5-12H2,2-3H3,(H,25,26,27)(H,29,30,33)/t13-,15?,16?/m1/s1. The van der Waals surface area contributed by atoms with Crippen molar-refractivity contribution in [3.63, 3.8) is 0 Å². The van der Waals surface area contributed by atoms with Crippen LogP contribution in [0.3, 0.4) is 0 Å². The van der Waals surface area contributed by atoms with E-state index in [0.29, 0.717) is 47.1 Å². The fourth-order valence-electron chi connectivity index (χ4n) is 5.06. The van der Waals surface area contributed by atoms with Gasteiger partial charge in [-0.25, -0.2) is 19.7 Å². The molecule has 34 heavy (non-hydrogen) atoms. The van der Waals surface area contributed by atoms with Gasteiger partial charge in [-0.2, -0.15) is 0 Å². The first-order chi connectivity index (χ1) is 16.4. The summed E-state index contributed by atoms with van der Waals surface area (Å²) < 4.78 is 6.61. The Balaban J connectivity index is 1.59. The Kier molecular flexibility index (Phi) is 5.94. The van der Waals surface area contributed by atoms with Gasteiger partial charge in [0.1, 0.15) is 5.52 Å². The molecule has 2 saturated carbocycles. The van der Waals surface area contributed by atoms with E-state index in [1.165, 1.54) is 26.2 Å². The van der Waals surface area contributed by atoms with Crippen LogP contribution in [0.5, 0.6) is 0 Å². The first-order valence-corrected chi connectivity index (χ1v) is 12.0. The molecule has 0 unspecified atom stereocenters. The lowest BCUT2D eigenvalue weighted by Crippen LogP contribution is -2.31. The van der Waals surface area contributed by atoms with Gasteiger partial charge in [0.15, 0.2) is 23.1 Å². The number of nitrogens with zero attached hydrogens (tertiary/aromatic N) is 5. The van der Waals surface area contributed by atoms with Gasteiger partial charge in [-0.15, -0.1) is 12.3 Å². The van der Waals surface area contributed by atoms with Gasteiger partial charge in [0.2, 0.25) is 11.6 Å². The molecule has 10 heteroatoms. The molecule has 2 N–H and O–H groups in total. The summed E-state index contributed by atoms with van der Waals surface area (Å²) in [5.74, 6) is 4.59. The number of aromatic nitrogens is 6. The molecule has 0 aromatic carbocycles. The van der Waals surface area contributed by atoms with E-state index in [2.05, 4.69) is 42.8 Å². The number of Topliss-reactive ketones (excluding diaryl/α,β-unsaturated/α-hetero) is 1. The lowest BCUT2D eigenvalue weighted by atomic mass is 9.80. The van der Waals surface area contributed by atoms with E-state index in [1.807, 2.05) is 4.57 Å². The normalized spacial score (nSPS) is 21.7. The zero-order chi connectivity index (χ0) is 23.8. The molecule has 0 radical (unpaired) electrons. The molecule has 10 nitrogen and oxygen atoms in total. The molecule has 0 spiro atoms. The van der Waals surface area contributed by atoms with Crippen LogP contribution in [0.25, 0.3) is 22.8 Å². The molecular formula is C24H29N7O3. The Labute approximate surface area is 196 Å². The van der Waals surface area contributed by atoms with Crippen molar-refractivity contribution >= 4 is 22.8 Å². The summed E-state index contributed by atoms with van der Waals surface area (Å²) in [4.78, 5) is 40.4. The van der Waals surface area contributed by atoms with Crippen molar-refractivity contribution in [3.8, 4) is 24.0 Å². The molecule has 2 aliphatic rings. The van der Waals surface area contributed by atoms with Crippen LogP contribution >= 0.6 is 0 Å². The maximum atomic E-state index is 12.6. The number of ketones is 1. The number of fused-ring (bicyclic) bond motifs is 1. The van der Waals surface area contributed by atoms with Crippen molar-refractivity contribution in [1.82, 2.24) is 29.7 Å². The molecule has 178 valence electrons. The number of aromatic amines is 1. The minimum absolute atomic E-state index is 0.123. The van der Waals surface area contributed by atoms with Crippen molar-refractivity contribution in [3.05, 3.63) is 16.4 Å². The smallest absolute Gasteiger partial charge is 0.365 e. The molecule has 0 saturated heterocycles. The first-order valence-electron chi connectivity index (χ1n) is 12.0. The van der Waals surface area contributed by atoms with Crippen molar-refractivity contribution < 1.29 is 9.32 Å². The van der Waals surface area contributed by atoms with E-state index >= 15 is 0 Å². The molecule has 2 fully saturated rings. The third-order valence-electron chi connectivity index (χ3n) is 7.31. The van der Waals surface area contributed by atoms with Crippen LogP contribution in [0, 0.1) is 30.1 Å². The van der Waals surface area contributed by atoms with Gasteiger partial charge in [0, 0.05) is 25.4 Å². The van der Waals surface area contributed by atoms with E-state index in [4.69, 9.17) is 11.4 Å². The zero-order valence-corrected chi connectivity index (χ0v) is 19.5. The van der Waals surface area contributed by atoms with Crippen molar-refractivity contribution in [2.24, 2.45) is 17.8 Å². The van der Waals surface area contributed by atoms with Gasteiger partial charge in [0.05, 0.1) is 0 Å². The number of rotatable bonds is 7. The summed E-state index contributed by atoms with van der Waals surface area (Å²) >= 11 is 0. The molecular weight excluding hydrogens is 434 g/mol. The van der Waals surface area contributed by atoms with Gasteiger partial charge in [-0.05, 0) is 57.3 Å². The van der Waals surface area contributed by atoms with E-state index in [0.717, 1.165) is 25.7 Å². The van der Waals surface area contributed by atoms with Crippen LogP contribution in [-0.2, 0) is 6.54 Å². The molecule has 0 bridgehead atoms. The van der Waals surface area contributed by atoms with Crippen molar-refractivity contribution in [2.75, 3.05) is 5.32 Å². The first kappa shape index (κ1) is 22.3. The Morgan fingerprint density at radius 3 is 2.59 bits per heavy atom. The Morgan fingerprint density at radius 2 is 2.00 bits per heavy atom. The Hall–Kier alpha value is -3.48. The Morgan fingerprint density at radius 1 is 1.24 bits per heavy atom. The topological polar surface area (TPSA) is 132 Å². The fourth-order valence-corrected chi connectivity index (χ4v) is 5.06. The summed E-state index contributed by atoms with van der Waals surface area (Å²) in [6.07, 6.45) is 13.2. The molecule has 3 heterocycles. The maximum absolute atomic E-state index is 12.6. The van der Waals surface area contributed by atoms with Gasteiger partial charge in [-0.3, -0.25) is 14.3 Å². The van der Waals surface area contributed by atoms with E-state index < -0.39 is 5.76 Å². The van der Waals surface area contributed by atoms with Gasteiger partial charge >= 0.3 is 5.76 Å². The van der Waals surface area contributed by atoms with Crippen LogP contribution < -0.4 is 11.1 Å². The quantitative estimate of drug-likeness (QED) is 0.402. The predicted molar refractivity (Wildman–Crippen MR) is 126 cm³/mol. The average molecular weight is 464 g/mol. The number of nitrogens with one attached hydrogen (secondary N) is 2. The van der Waals surface area contributed by atoms with E-state index in [-0.39, 0.29) is 23.5 Å². The molecule has 1 atom stereocenters. The largest absolute Gasteiger partial charge is 0.439 e. The second kappa shape index (κ2) is 9.05. The van der Waals surface area contributed by atoms with Crippen LogP contribution in [0.1, 0.15) is 69.4 Å². The van der Waals surface area contributed by atoms with Crippen LogP contribution in [0.15, 0.2) is 9.32 Å². The number of terminal acetylenes is 1. The summed E-state index contributed by atoms with van der Waals surface area (Å²) in [6, 6.07) is 0.186. The fraction of sp³-hybridized carbons (Fsp3) is 0.583. The molecule has 3 aromatic heterocycles. The second-order valence-electron chi connectivity index (χ2n) is 9.62. The van der Waals surface area contributed by atoms with E-state index in [1.54, 1.807) is 0 Å². The maximum Gasteiger partial charge on any atom is 0.439 e. The lowest BCUT2D eigenvalue weighted by molar-refractivity contribution is 0.0998. The number of imidazole rings is 1. The van der Waals surface area contributed by atoms with Gasteiger partial charge in [-0.1, -0.05) is 11.6 Å². The summed E-state index contributed by atoms with van der Waals surface area (Å²) in [5.41, 5.74) is 1.09. The second-order valence-corrected chi connectivity index (χ2v) is 9.62. The monoisotopic (exact) mass is 463 g/mol. The Bertz CT molecular complexity index is 1300. The SMILES string of the molecule is C#CC1CCC(Cn2c(C(C)=O)nc3nc(-c4noc(=O)[nH]4)nc(N[C@H](C)C4CCC4)c32)CC1. The minimum Gasteiger partial charge on any atom is -0.365 e. The number of anilines is 1. The third kappa shape index (κ3) is 4.22. The van der Waals surface area contributed by atoms with Crippen molar-refractivity contribution in [1.29, 1.82) is 0 Å². The average Bonchev–Trinajstić information content (AvgIpc) is 3.37. The van der Waals surface area contributed by atoms with Crippen LogP contribution in [0.4, 0.5) is 5.82 Å². The number of carbonyl (C=O) groups excluding carboxylic acids is 1. The van der Waals surface area contributed by atoms with Crippen LogP contribution in [-0.4, -0.2) is 41.5 Å². The summed E-state index contributed by atoms with van der Waals surface area (Å²) in [7, 11) is 0.